The van der Waals surface area contributed by atoms with Gasteiger partial charge in [-0.25, -0.2) is 0 Å². The van der Waals surface area contributed by atoms with Crippen LogP contribution in [-0.2, 0) is 0 Å². The summed E-state index contributed by atoms with van der Waals surface area (Å²) in [4.78, 5) is 1.65. The maximum absolute atomic E-state index is 4.24. The molecule has 0 amide bonds. The lowest BCUT2D eigenvalue weighted by molar-refractivity contribution is 0.504. The largest absolute Gasteiger partial charge is 0.162 e. The molecular weight excluding hydrogens is 296 g/mol. The molecule has 1 unspecified atom stereocenters. The molecule has 1 aromatic heterocycles. The first-order valence-electron chi connectivity index (χ1n) is 7.84. The van der Waals surface area contributed by atoms with E-state index in [1.807, 2.05) is 24.3 Å². The second kappa shape index (κ2) is 6.46. The van der Waals surface area contributed by atoms with Gasteiger partial charge in [-0.1, -0.05) is 84.9 Å². The van der Waals surface area contributed by atoms with Gasteiger partial charge in [-0.2, -0.15) is 4.80 Å². The van der Waals surface area contributed by atoms with E-state index in [1.54, 1.807) is 4.80 Å². The summed E-state index contributed by atoms with van der Waals surface area (Å²) in [7, 11) is 0. The van der Waals surface area contributed by atoms with E-state index >= 15 is 0 Å². The summed E-state index contributed by atoms with van der Waals surface area (Å²) >= 11 is 0. The first-order valence-corrected chi connectivity index (χ1v) is 7.84. The van der Waals surface area contributed by atoms with E-state index < -0.39 is 0 Å². The molecule has 0 N–H and O–H groups in total. The molecule has 1 atom stereocenters. The van der Waals surface area contributed by atoms with Gasteiger partial charge in [0, 0.05) is 0 Å². The minimum absolute atomic E-state index is 0.0847. The van der Waals surface area contributed by atoms with Gasteiger partial charge in [0.1, 0.15) is 6.04 Å². The smallest absolute Gasteiger partial charge is 0.152 e. The van der Waals surface area contributed by atoms with Gasteiger partial charge in [0.2, 0.25) is 0 Å². The number of benzene rings is 3. The van der Waals surface area contributed by atoms with Crippen LogP contribution in [0.2, 0.25) is 0 Å². The van der Waals surface area contributed by atoms with Gasteiger partial charge in [0.25, 0.3) is 0 Å². The molecular formula is C20H16N4. The lowest BCUT2D eigenvalue weighted by Gasteiger charge is -2.17. The third-order valence-electron chi connectivity index (χ3n) is 4.04. The van der Waals surface area contributed by atoms with Crippen molar-refractivity contribution in [3.63, 3.8) is 0 Å². The van der Waals surface area contributed by atoms with Crippen LogP contribution in [0.3, 0.4) is 0 Å². The highest BCUT2D eigenvalue weighted by Gasteiger charge is 2.18. The van der Waals surface area contributed by atoms with Crippen molar-refractivity contribution >= 4 is 0 Å². The van der Waals surface area contributed by atoms with Crippen LogP contribution in [0.1, 0.15) is 17.2 Å². The van der Waals surface area contributed by atoms with E-state index in [2.05, 4.69) is 76.1 Å². The molecule has 0 aliphatic rings. The van der Waals surface area contributed by atoms with Crippen molar-refractivity contribution in [1.29, 1.82) is 0 Å². The topological polar surface area (TPSA) is 43.6 Å². The molecule has 0 bridgehead atoms. The Morgan fingerprint density at radius 1 is 0.625 bits per heavy atom. The maximum atomic E-state index is 4.24. The third-order valence-corrected chi connectivity index (χ3v) is 4.04. The fraction of sp³-hybridized carbons (Fsp3) is 0.0500. The molecule has 4 rings (SSSR count). The molecule has 0 aliphatic heterocycles. The Kier molecular flexibility index (Phi) is 3.86. The molecule has 4 nitrogen and oxygen atoms in total. The van der Waals surface area contributed by atoms with Gasteiger partial charge in [0.05, 0.1) is 0 Å². The van der Waals surface area contributed by atoms with E-state index in [1.165, 1.54) is 17.5 Å². The van der Waals surface area contributed by atoms with E-state index in [0.717, 1.165) is 11.1 Å². The van der Waals surface area contributed by atoms with Gasteiger partial charge >= 0.3 is 0 Å². The Labute approximate surface area is 140 Å². The molecule has 0 saturated carbocycles. The highest BCUT2D eigenvalue weighted by atomic mass is 15.6. The normalized spacial score (nSPS) is 12.0. The van der Waals surface area contributed by atoms with E-state index in [4.69, 9.17) is 0 Å². The second-order valence-corrected chi connectivity index (χ2v) is 5.56. The van der Waals surface area contributed by atoms with E-state index in [0.29, 0.717) is 0 Å². The Morgan fingerprint density at radius 2 is 1.21 bits per heavy atom. The number of aromatic nitrogens is 4. The third kappa shape index (κ3) is 2.82. The van der Waals surface area contributed by atoms with Crippen LogP contribution < -0.4 is 0 Å². The van der Waals surface area contributed by atoms with Crippen molar-refractivity contribution in [2.45, 2.75) is 6.04 Å². The molecule has 116 valence electrons. The van der Waals surface area contributed by atoms with Crippen molar-refractivity contribution < 1.29 is 0 Å². The summed E-state index contributed by atoms with van der Waals surface area (Å²) < 4.78 is 0. The molecule has 1 heterocycles. The van der Waals surface area contributed by atoms with Gasteiger partial charge < -0.3 is 0 Å². The number of hydrogen-bond donors (Lipinski definition) is 0. The van der Waals surface area contributed by atoms with E-state index in [-0.39, 0.29) is 6.04 Å². The van der Waals surface area contributed by atoms with E-state index in [9.17, 15) is 0 Å². The van der Waals surface area contributed by atoms with Crippen molar-refractivity contribution in [3.8, 4) is 11.1 Å². The highest BCUT2D eigenvalue weighted by Crippen LogP contribution is 2.27. The van der Waals surface area contributed by atoms with Crippen molar-refractivity contribution in [2.24, 2.45) is 0 Å². The lowest BCUT2D eigenvalue weighted by Crippen LogP contribution is -2.15. The predicted octanol–water partition coefficient (Wildman–Crippen LogP) is 3.98. The molecule has 0 radical (unpaired) electrons. The quantitative estimate of drug-likeness (QED) is 0.572. The van der Waals surface area contributed by atoms with Crippen molar-refractivity contribution in [1.82, 2.24) is 20.2 Å². The average Bonchev–Trinajstić information content (AvgIpc) is 3.18. The van der Waals surface area contributed by atoms with Crippen LogP contribution >= 0.6 is 0 Å². The van der Waals surface area contributed by atoms with Crippen molar-refractivity contribution in [2.75, 3.05) is 0 Å². The standard InChI is InChI=1S/C20H16N4/c1-3-7-16(8-4-1)17-11-13-19(14-12-17)20(24-22-15-21-23-24)18-9-5-2-6-10-18/h1-15,20H. The monoisotopic (exact) mass is 312 g/mol. The zero-order valence-electron chi connectivity index (χ0n) is 13.0. The molecule has 0 aliphatic carbocycles. The summed E-state index contributed by atoms with van der Waals surface area (Å²) in [5.41, 5.74) is 4.65. The summed E-state index contributed by atoms with van der Waals surface area (Å²) in [6, 6.07) is 29.0. The Balaban J connectivity index is 1.74. The van der Waals surface area contributed by atoms with Crippen LogP contribution in [0, 0.1) is 0 Å². The van der Waals surface area contributed by atoms with Crippen LogP contribution in [-0.4, -0.2) is 20.2 Å². The molecule has 0 saturated heterocycles. The number of nitrogens with zero attached hydrogens (tertiary/aromatic N) is 4. The highest BCUT2D eigenvalue weighted by molar-refractivity contribution is 5.63. The number of hydrogen-bond acceptors (Lipinski definition) is 3. The zero-order chi connectivity index (χ0) is 16.2. The Morgan fingerprint density at radius 3 is 1.83 bits per heavy atom. The first-order chi connectivity index (χ1) is 11.9. The number of rotatable bonds is 4. The summed E-state index contributed by atoms with van der Waals surface area (Å²) in [6.45, 7) is 0. The minimum Gasteiger partial charge on any atom is -0.152 e. The maximum Gasteiger partial charge on any atom is 0.162 e. The van der Waals surface area contributed by atoms with Crippen LogP contribution in [0.25, 0.3) is 11.1 Å². The molecule has 24 heavy (non-hydrogen) atoms. The SMILES string of the molecule is c1ccc(-c2ccc(C(c3ccccc3)n3ncnn3)cc2)cc1. The summed E-state index contributed by atoms with van der Waals surface area (Å²) in [6.07, 6.45) is 1.47. The van der Waals surface area contributed by atoms with Gasteiger partial charge in [-0.3, -0.25) is 0 Å². The Hall–Kier alpha value is -3.27. The van der Waals surface area contributed by atoms with Crippen LogP contribution in [0.5, 0.6) is 0 Å². The zero-order valence-corrected chi connectivity index (χ0v) is 13.0. The van der Waals surface area contributed by atoms with Crippen molar-refractivity contribution in [3.05, 3.63) is 102 Å². The van der Waals surface area contributed by atoms with Crippen LogP contribution in [0.4, 0.5) is 0 Å². The number of tetrazole rings is 1. The van der Waals surface area contributed by atoms with Crippen LogP contribution in [0.15, 0.2) is 91.3 Å². The molecule has 4 heteroatoms. The van der Waals surface area contributed by atoms with Gasteiger partial charge in [-0.15, -0.1) is 10.2 Å². The average molecular weight is 312 g/mol. The van der Waals surface area contributed by atoms with Gasteiger partial charge in [-0.05, 0) is 27.5 Å². The molecule has 3 aromatic carbocycles. The second-order valence-electron chi connectivity index (χ2n) is 5.56. The molecule has 0 fully saturated rings. The predicted molar refractivity (Wildman–Crippen MR) is 93.4 cm³/mol. The lowest BCUT2D eigenvalue weighted by atomic mass is 9.96. The fourth-order valence-corrected chi connectivity index (χ4v) is 2.88. The molecule has 0 spiro atoms. The Bertz CT molecular complexity index is 886. The summed E-state index contributed by atoms with van der Waals surface area (Å²) in [5, 5.41) is 12.2. The summed E-state index contributed by atoms with van der Waals surface area (Å²) in [5.74, 6) is 0. The minimum atomic E-state index is -0.0847. The molecule has 4 aromatic rings. The van der Waals surface area contributed by atoms with Gasteiger partial charge in [0.15, 0.2) is 6.33 Å². The fourth-order valence-electron chi connectivity index (χ4n) is 2.88. The first kappa shape index (κ1) is 14.3.